The van der Waals surface area contributed by atoms with E-state index in [0.29, 0.717) is 5.92 Å². The van der Waals surface area contributed by atoms with Crippen LogP contribution in [-0.4, -0.2) is 55.7 Å². The number of pyridine rings is 1. The van der Waals surface area contributed by atoms with Crippen molar-refractivity contribution in [3.05, 3.63) is 30.1 Å². The third-order valence-electron chi connectivity index (χ3n) is 3.61. The van der Waals surface area contributed by atoms with Gasteiger partial charge in [-0.15, -0.1) is 24.0 Å². The van der Waals surface area contributed by atoms with Crippen LogP contribution in [0.4, 0.5) is 0 Å². The first-order valence-corrected chi connectivity index (χ1v) is 7.76. The molecule has 1 N–H and O–H groups in total. The van der Waals surface area contributed by atoms with Crippen molar-refractivity contribution >= 4 is 29.9 Å². The molecule has 1 fully saturated rings. The number of halogens is 1. The minimum atomic E-state index is 0. The third kappa shape index (κ3) is 6.48. The van der Waals surface area contributed by atoms with Crippen LogP contribution in [0, 0.1) is 5.92 Å². The lowest BCUT2D eigenvalue weighted by molar-refractivity contribution is 0.181. The molecule has 1 atom stereocenters. The summed E-state index contributed by atoms with van der Waals surface area (Å²) in [5, 5.41) is 3.36. The van der Waals surface area contributed by atoms with Crippen LogP contribution in [0.5, 0.6) is 0 Å². The number of nitrogens with one attached hydrogen (secondary N) is 1. The van der Waals surface area contributed by atoms with Crippen molar-refractivity contribution in [3.63, 3.8) is 0 Å². The van der Waals surface area contributed by atoms with E-state index in [0.717, 1.165) is 57.3 Å². The summed E-state index contributed by atoms with van der Waals surface area (Å²) in [6, 6.07) is 6.00. The topological polar surface area (TPSA) is 49.8 Å². The molecule has 1 aromatic rings. The van der Waals surface area contributed by atoms with Gasteiger partial charge in [-0.2, -0.15) is 0 Å². The highest BCUT2D eigenvalue weighted by atomic mass is 127. The summed E-state index contributed by atoms with van der Waals surface area (Å²) in [7, 11) is 2.10. The summed E-state index contributed by atoms with van der Waals surface area (Å²) in [5.41, 5.74) is 1.09. The summed E-state index contributed by atoms with van der Waals surface area (Å²) >= 11 is 0. The SMILES string of the molecule is CCNC(=NCCc1ccccn1)N(C)CC1CCOC1.I. The van der Waals surface area contributed by atoms with Crippen molar-refractivity contribution < 1.29 is 4.74 Å². The van der Waals surface area contributed by atoms with Crippen molar-refractivity contribution in [1.29, 1.82) is 0 Å². The Hall–Kier alpha value is -0.890. The predicted molar refractivity (Wildman–Crippen MR) is 101 cm³/mol. The first kappa shape index (κ1) is 19.2. The van der Waals surface area contributed by atoms with Crippen LogP contribution < -0.4 is 5.32 Å². The molecule has 1 aliphatic heterocycles. The second-order valence-corrected chi connectivity index (χ2v) is 5.42. The molecule has 0 aromatic carbocycles. The van der Waals surface area contributed by atoms with Gasteiger partial charge in [-0.05, 0) is 25.5 Å². The van der Waals surface area contributed by atoms with Gasteiger partial charge in [0, 0.05) is 57.5 Å². The van der Waals surface area contributed by atoms with Crippen molar-refractivity contribution in [2.24, 2.45) is 10.9 Å². The van der Waals surface area contributed by atoms with Gasteiger partial charge in [-0.25, -0.2) is 0 Å². The summed E-state index contributed by atoms with van der Waals surface area (Å²) in [6.45, 7) is 6.50. The Morgan fingerprint density at radius 2 is 2.36 bits per heavy atom. The highest BCUT2D eigenvalue weighted by Crippen LogP contribution is 2.13. The van der Waals surface area contributed by atoms with E-state index in [1.165, 1.54) is 0 Å². The van der Waals surface area contributed by atoms with Gasteiger partial charge in [0.05, 0.1) is 6.61 Å². The van der Waals surface area contributed by atoms with E-state index in [-0.39, 0.29) is 24.0 Å². The summed E-state index contributed by atoms with van der Waals surface area (Å²) in [4.78, 5) is 11.2. The normalized spacial score (nSPS) is 17.9. The average Bonchev–Trinajstić information content (AvgIpc) is 3.00. The fourth-order valence-electron chi connectivity index (χ4n) is 2.49. The van der Waals surface area contributed by atoms with E-state index >= 15 is 0 Å². The molecule has 124 valence electrons. The second kappa shape index (κ2) is 10.8. The monoisotopic (exact) mass is 418 g/mol. The zero-order valence-electron chi connectivity index (χ0n) is 13.5. The standard InChI is InChI=1S/C16H26N4O.HI/c1-3-17-16(20(2)12-14-8-11-21-13-14)19-10-7-15-6-4-5-9-18-15;/h4-6,9,14H,3,7-8,10-13H2,1-2H3,(H,17,19);1H. The lowest BCUT2D eigenvalue weighted by Gasteiger charge is -2.24. The Bertz CT molecular complexity index is 435. The number of aromatic nitrogens is 1. The summed E-state index contributed by atoms with van der Waals surface area (Å²) in [6.07, 6.45) is 3.85. The minimum Gasteiger partial charge on any atom is -0.381 e. The van der Waals surface area contributed by atoms with Crippen molar-refractivity contribution in [2.45, 2.75) is 19.8 Å². The number of aliphatic imine (C=N–C) groups is 1. The molecule has 5 nitrogen and oxygen atoms in total. The second-order valence-electron chi connectivity index (χ2n) is 5.42. The van der Waals surface area contributed by atoms with Gasteiger partial charge in [-0.1, -0.05) is 6.07 Å². The van der Waals surface area contributed by atoms with Crippen LogP contribution >= 0.6 is 24.0 Å². The molecule has 0 amide bonds. The maximum atomic E-state index is 5.44. The zero-order chi connectivity index (χ0) is 14.9. The molecule has 0 aliphatic carbocycles. The first-order chi connectivity index (χ1) is 10.3. The van der Waals surface area contributed by atoms with Crippen LogP contribution in [0.15, 0.2) is 29.4 Å². The van der Waals surface area contributed by atoms with Crippen molar-refractivity contribution in [1.82, 2.24) is 15.2 Å². The van der Waals surface area contributed by atoms with Crippen LogP contribution in [0.25, 0.3) is 0 Å². The Morgan fingerprint density at radius 1 is 1.50 bits per heavy atom. The highest BCUT2D eigenvalue weighted by molar-refractivity contribution is 14.0. The molecular weight excluding hydrogens is 391 g/mol. The van der Waals surface area contributed by atoms with E-state index in [2.05, 4.69) is 29.2 Å². The third-order valence-corrected chi connectivity index (χ3v) is 3.61. The molecule has 2 heterocycles. The molecule has 1 unspecified atom stereocenters. The van der Waals surface area contributed by atoms with Crippen LogP contribution in [-0.2, 0) is 11.2 Å². The lowest BCUT2D eigenvalue weighted by atomic mass is 10.1. The average molecular weight is 418 g/mol. The van der Waals surface area contributed by atoms with E-state index < -0.39 is 0 Å². The fraction of sp³-hybridized carbons (Fsp3) is 0.625. The van der Waals surface area contributed by atoms with Crippen LogP contribution in [0.3, 0.4) is 0 Å². The smallest absolute Gasteiger partial charge is 0.193 e. The number of nitrogens with zero attached hydrogens (tertiary/aromatic N) is 3. The molecule has 22 heavy (non-hydrogen) atoms. The number of guanidine groups is 1. The van der Waals surface area contributed by atoms with Crippen LogP contribution in [0.2, 0.25) is 0 Å². The Labute approximate surface area is 150 Å². The van der Waals surface area contributed by atoms with E-state index in [9.17, 15) is 0 Å². The van der Waals surface area contributed by atoms with Gasteiger partial charge in [0.15, 0.2) is 5.96 Å². The zero-order valence-corrected chi connectivity index (χ0v) is 15.8. The molecular formula is C16H27IN4O. The number of ether oxygens (including phenoxy) is 1. The molecule has 1 aliphatic rings. The fourth-order valence-corrected chi connectivity index (χ4v) is 2.49. The van der Waals surface area contributed by atoms with Gasteiger partial charge in [0.25, 0.3) is 0 Å². The molecule has 0 bridgehead atoms. The van der Waals surface area contributed by atoms with Gasteiger partial charge in [0.1, 0.15) is 0 Å². The predicted octanol–water partition coefficient (Wildman–Crippen LogP) is 2.18. The van der Waals surface area contributed by atoms with Gasteiger partial charge >= 0.3 is 0 Å². The number of hydrogen-bond donors (Lipinski definition) is 1. The molecule has 1 saturated heterocycles. The van der Waals surface area contributed by atoms with Crippen molar-refractivity contribution in [3.8, 4) is 0 Å². The maximum Gasteiger partial charge on any atom is 0.193 e. The first-order valence-electron chi connectivity index (χ1n) is 7.76. The molecule has 0 saturated carbocycles. The highest BCUT2D eigenvalue weighted by Gasteiger charge is 2.18. The molecule has 1 aromatic heterocycles. The summed E-state index contributed by atoms with van der Waals surface area (Å²) in [5.74, 6) is 1.59. The number of hydrogen-bond acceptors (Lipinski definition) is 3. The molecule has 2 rings (SSSR count). The Morgan fingerprint density at radius 3 is 3.00 bits per heavy atom. The molecule has 0 radical (unpaired) electrons. The largest absolute Gasteiger partial charge is 0.381 e. The summed E-state index contributed by atoms with van der Waals surface area (Å²) < 4.78 is 5.44. The van der Waals surface area contributed by atoms with E-state index in [1.807, 2.05) is 24.4 Å². The van der Waals surface area contributed by atoms with Gasteiger partial charge in [0.2, 0.25) is 0 Å². The van der Waals surface area contributed by atoms with Gasteiger partial charge in [-0.3, -0.25) is 9.98 Å². The molecule has 6 heteroatoms. The molecule has 0 spiro atoms. The quantitative estimate of drug-likeness (QED) is 0.437. The lowest BCUT2D eigenvalue weighted by Crippen LogP contribution is -2.41. The van der Waals surface area contributed by atoms with E-state index in [4.69, 9.17) is 9.73 Å². The van der Waals surface area contributed by atoms with Crippen LogP contribution in [0.1, 0.15) is 19.0 Å². The van der Waals surface area contributed by atoms with Gasteiger partial charge < -0.3 is 15.0 Å². The Kier molecular flexibility index (Phi) is 9.38. The Balaban J connectivity index is 0.00000242. The number of rotatable bonds is 6. The van der Waals surface area contributed by atoms with E-state index in [1.54, 1.807) is 0 Å². The van der Waals surface area contributed by atoms with Crippen molar-refractivity contribution in [2.75, 3.05) is 39.9 Å². The maximum absolute atomic E-state index is 5.44. The minimum absolute atomic E-state index is 0.